The van der Waals surface area contributed by atoms with Crippen molar-refractivity contribution in [1.82, 2.24) is 24.5 Å². The summed E-state index contributed by atoms with van der Waals surface area (Å²) in [6.45, 7) is 6.54. The fraction of sp³-hybridized carbons (Fsp3) is 0.458. The highest BCUT2D eigenvalue weighted by molar-refractivity contribution is 6.33. The normalized spacial score (nSPS) is 17.0. The smallest absolute Gasteiger partial charge is 0.247 e. The van der Waals surface area contributed by atoms with Crippen LogP contribution in [-0.2, 0) is 11.2 Å². The molecule has 1 unspecified atom stereocenters. The van der Waals surface area contributed by atoms with Gasteiger partial charge in [0.05, 0.1) is 41.8 Å². The summed E-state index contributed by atoms with van der Waals surface area (Å²) < 4.78 is 6.89. The Balaban J connectivity index is 1.38. The molecule has 1 atom stereocenters. The lowest BCUT2D eigenvalue weighted by Gasteiger charge is -2.29. The van der Waals surface area contributed by atoms with Crippen molar-refractivity contribution in [2.45, 2.75) is 32.2 Å². The van der Waals surface area contributed by atoms with Crippen LogP contribution in [0.15, 0.2) is 18.3 Å². The molecule has 1 aliphatic heterocycles. The Bertz CT molecular complexity index is 1320. The molecule has 35 heavy (non-hydrogen) atoms. The first kappa shape index (κ1) is 23.3. The van der Waals surface area contributed by atoms with Gasteiger partial charge in [0, 0.05) is 25.7 Å². The van der Waals surface area contributed by atoms with Crippen molar-refractivity contribution in [1.29, 1.82) is 10.5 Å². The van der Waals surface area contributed by atoms with Crippen molar-refractivity contribution in [3.63, 3.8) is 0 Å². The Labute approximate surface area is 208 Å². The highest BCUT2D eigenvalue weighted by Crippen LogP contribution is 2.31. The third-order valence-corrected chi connectivity index (χ3v) is 6.51. The van der Waals surface area contributed by atoms with Gasteiger partial charge in [-0.3, -0.25) is 4.90 Å². The number of anilines is 3. The molecule has 2 fully saturated rings. The lowest BCUT2D eigenvalue weighted by Crippen LogP contribution is -2.39. The number of halogens is 1. The van der Waals surface area contributed by atoms with E-state index in [4.69, 9.17) is 16.3 Å². The van der Waals surface area contributed by atoms with Gasteiger partial charge < -0.3 is 15.4 Å². The van der Waals surface area contributed by atoms with Crippen LogP contribution in [0.4, 0.5) is 17.5 Å². The van der Waals surface area contributed by atoms with Crippen LogP contribution < -0.4 is 10.6 Å². The summed E-state index contributed by atoms with van der Waals surface area (Å²) in [6, 6.07) is 8.33. The number of nitrogens with one attached hydrogen (secondary N) is 2. The predicted molar refractivity (Wildman–Crippen MR) is 132 cm³/mol. The Kier molecular flexibility index (Phi) is 6.69. The van der Waals surface area contributed by atoms with Crippen LogP contribution >= 0.6 is 11.6 Å². The van der Waals surface area contributed by atoms with Crippen molar-refractivity contribution in [3.05, 3.63) is 40.2 Å². The highest BCUT2D eigenvalue weighted by atomic mass is 35.5. The van der Waals surface area contributed by atoms with Gasteiger partial charge in [-0.05, 0) is 42.9 Å². The van der Waals surface area contributed by atoms with E-state index in [1.165, 1.54) is 10.7 Å². The summed E-state index contributed by atoms with van der Waals surface area (Å²) >= 11 is 6.63. The first-order valence-electron chi connectivity index (χ1n) is 11.8. The van der Waals surface area contributed by atoms with E-state index in [-0.39, 0.29) is 5.95 Å². The number of hydrogen-bond acceptors (Lipinski definition) is 9. The van der Waals surface area contributed by atoms with E-state index in [2.05, 4.69) is 49.7 Å². The summed E-state index contributed by atoms with van der Waals surface area (Å²) in [4.78, 5) is 11.3. The van der Waals surface area contributed by atoms with E-state index in [9.17, 15) is 10.5 Å². The molecule has 0 radical (unpaired) electrons. The first-order valence-corrected chi connectivity index (χ1v) is 12.1. The minimum Gasteiger partial charge on any atom is -0.379 e. The quantitative estimate of drug-likeness (QED) is 0.487. The molecule has 3 heterocycles. The van der Waals surface area contributed by atoms with Crippen LogP contribution in [-0.4, -0.2) is 63.4 Å². The summed E-state index contributed by atoms with van der Waals surface area (Å²) in [5.41, 5.74) is 2.80. The SMILES string of the molecule is CC(Cc1cc(Cl)c(Nc2nc(NC3CC3)c3ncc(C#N)n3n2)cc1C#N)CN1CCOCC1. The molecular formula is C24H26ClN9O. The third-order valence-electron chi connectivity index (χ3n) is 6.20. The minimum absolute atomic E-state index is 0.259. The summed E-state index contributed by atoms with van der Waals surface area (Å²) in [5, 5.41) is 30.6. The molecule has 2 aromatic heterocycles. The predicted octanol–water partition coefficient (Wildman–Crippen LogP) is 3.35. The summed E-state index contributed by atoms with van der Waals surface area (Å²) in [6.07, 6.45) is 4.35. The molecule has 2 N–H and O–H groups in total. The topological polar surface area (TPSA) is 127 Å². The molecule has 11 heteroatoms. The second-order valence-electron chi connectivity index (χ2n) is 9.14. The van der Waals surface area contributed by atoms with Gasteiger partial charge in [-0.15, -0.1) is 5.10 Å². The molecule has 2 aliphatic rings. The number of fused-ring (bicyclic) bond motifs is 1. The number of hydrogen-bond donors (Lipinski definition) is 2. The molecule has 1 saturated heterocycles. The van der Waals surface area contributed by atoms with Gasteiger partial charge >= 0.3 is 0 Å². The molecular weight excluding hydrogens is 466 g/mol. The number of imidazole rings is 1. The number of morpholine rings is 1. The zero-order chi connectivity index (χ0) is 24.4. The van der Waals surface area contributed by atoms with E-state index >= 15 is 0 Å². The van der Waals surface area contributed by atoms with E-state index in [0.717, 1.165) is 57.7 Å². The number of aromatic nitrogens is 4. The highest BCUT2D eigenvalue weighted by Gasteiger charge is 2.24. The standard InChI is InChI=1S/C24H26ClN9O/c1-15(14-33-4-6-35-7-5-33)8-16-9-20(25)21(10-17(16)11-26)30-24-31-22(29-18-2-3-18)23-28-13-19(12-27)34(23)32-24/h9-10,13,15,18H,2-8,14H2,1H3,(H2,29,30,31,32). The fourth-order valence-corrected chi connectivity index (χ4v) is 4.53. The van der Waals surface area contributed by atoms with Gasteiger partial charge in [-0.1, -0.05) is 18.5 Å². The molecule has 1 aromatic carbocycles. The van der Waals surface area contributed by atoms with E-state index in [1.807, 2.05) is 6.07 Å². The zero-order valence-corrected chi connectivity index (χ0v) is 20.2. The molecule has 1 saturated carbocycles. The first-order chi connectivity index (χ1) is 17.0. The van der Waals surface area contributed by atoms with Gasteiger partial charge in [0.25, 0.3) is 0 Å². The van der Waals surface area contributed by atoms with Crippen LogP contribution in [0.3, 0.4) is 0 Å². The monoisotopic (exact) mass is 491 g/mol. The maximum Gasteiger partial charge on any atom is 0.247 e. The van der Waals surface area contributed by atoms with Crippen molar-refractivity contribution in [2.75, 3.05) is 43.5 Å². The minimum atomic E-state index is 0.259. The Morgan fingerprint density at radius 2 is 2.03 bits per heavy atom. The number of nitriles is 2. The van der Waals surface area contributed by atoms with E-state index in [0.29, 0.717) is 45.4 Å². The lowest BCUT2D eigenvalue weighted by atomic mass is 9.96. The van der Waals surface area contributed by atoms with Crippen molar-refractivity contribution >= 4 is 34.7 Å². The molecule has 3 aromatic rings. The number of nitrogens with zero attached hydrogens (tertiary/aromatic N) is 7. The summed E-state index contributed by atoms with van der Waals surface area (Å²) in [7, 11) is 0. The lowest BCUT2D eigenvalue weighted by molar-refractivity contribution is 0.0318. The van der Waals surface area contributed by atoms with Crippen molar-refractivity contribution in [2.24, 2.45) is 5.92 Å². The largest absolute Gasteiger partial charge is 0.379 e. The molecule has 5 rings (SSSR count). The van der Waals surface area contributed by atoms with Gasteiger partial charge in [-0.25, -0.2) is 4.98 Å². The number of ether oxygens (including phenoxy) is 1. The molecule has 0 spiro atoms. The third kappa shape index (κ3) is 5.30. The van der Waals surface area contributed by atoms with Gasteiger partial charge in [0.2, 0.25) is 5.95 Å². The van der Waals surface area contributed by atoms with E-state index < -0.39 is 0 Å². The Hall–Kier alpha value is -3.44. The molecule has 0 amide bonds. The van der Waals surface area contributed by atoms with Crippen LogP contribution in [0.1, 0.15) is 36.6 Å². The molecule has 1 aliphatic carbocycles. The average Bonchev–Trinajstić information content (AvgIpc) is 3.57. The number of rotatable bonds is 8. The van der Waals surface area contributed by atoms with Crippen LogP contribution in [0.2, 0.25) is 5.02 Å². The zero-order valence-electron chi connectivity index (χ0n) is 19.5. The molecule has 180 valence electrons. The summed E-state index contributed by atoms with van der Waals surface area (Å²) in [5.74, 6) is 1.17. The van der Waals surface area contributed by atoms with Gasteiger partial charge in [-0.2, -0.15) is 20.0 Å². The fourth-order valence-electron chi connectivity index (χ4n) is 4.30. The van der Waals surface area contributed by atoms with Gasteiger partial charge in [0.15, 0.2) is 17.2 Å². The van der Waals surface area contributed by atoms with Crippen molar-refractivity contribution in [3.8, 4) is 12.1 Å². The van der Waals surface area contributed by atoms with Crippen LogP contribution in [0, 0.1) is 28.6 Å². The Morgan fingerprint density at radius 3 is 2.74 bits per heavy atom. The van der Waals surface area contributed by atoms with Gasteiger partial charge in [0.1, 0.15) is 6.07 Å². The second kappa shape index (κ2) is 10.0. The Morgan fingerprint density at radius 1 is 1.23 bits per heavy atom. The second-order valence-corrected chi connectivity index (χ2v) is 9.55. The average molecular weight is 492 g/mol. The van der Waals surface area contributed by atoms with Crippen LogP contribution in [0.25, 0.3) is 5.65 Å². The van der Waals surface area contributed by atoms with E-state index in [1.54, 1.807) is 6.07 Å². The molecule has 0 bridgehead atoms. The van der Waals surface area contributed by atoms with Crippen LogP contribution in [0.5, 0.6) is 0 Å². The molecule has 10 nitrogen and oxygen atoms in total. The maximum absolute atomic E-state index is 9.83. The number of benzene rings is 1. The maximum atomic E-state index is 9.83. The van der Waals surface area contributed by atoms with Crippen molar-refractivity contribution < 1.29 is 4.74 Å².